The molecule has 0 bridgehead atoms. The van der Waals surface area contributed by atoms with Crippen molar-refractivity contribution in [3.05, 3.63) is 59.7 Å². The molecule has 0 saturated carbocycles. The monoisotopic (exact) mass is 295 g/mol. The molecule has 2 aromatic carbocycles. The number of fused-ring (bicyclic) bond motifs is 3. The van der Waals surface area contributed by atoms with E-state index in [0.29, 0.717) is 12.5 Å². The first-order chi connectivity index (χ1) is 10.7. The second-order valence-electron chi connectivity index (χ2n) is 5.96. The molecular formula is C19H21NO2. The molecule has 114 valence electrons. The summed E-state index contributed by atoms with van der Waals surface area (Å²) >= 11 is 0. The van der Waals surface area contributed by atoms with E-state index in [0.717, 1.165) is 13.0 Å². The van der Waals surface area contributed by atoms with Gasteiger partial charge < -0.3 is 10.0 Å². The molecule has 0 radical (unpaired) electrons. The molecule has 1 aliphatic rings. The van der Waals surface area contributed by atoms with Gasteiger partial charge in [0.25, 0.3) is 0 Å². The minimum atomic E-state index is -0.733. The minimum Gasteiger partial charge on any atom is -0.481 e. The molecule has 0 aromatic heterocycles. The third-order valence-electron chi connectivity index (χ3n) is 4.47. The molecule has 3 nitrogen and oxygen atoms in total. The molecule has 0 heterocycles. The molecule has 0 amide bonds. The fourth-order valence-corrected chi connectivity index (χ4v) is 3.32. The molecule has 3 heteroatoms. The van der Waals surface area contributed by atoms with Crippen LogP contribution in [0, 0.1) is 0 Å². The van der Waals surface area contributed by atoms with Crippen molar-refractivity contribution in [2.45, 2.75) is 18.8 Å². The molecule has 1 N–H and O–H groups in total. The summed E-state index contributed by atoms with van der Waals surface area (Å²) in [6, 6.07) is 17.2. The second kappa shape index (κ2) is 6.32. The van der Waals surface area contributed by atoms with Crippen LogP contribution in [0.25, 0.3) is 11.1 Å². The Bertz CT molecular complexity index is 635. The standard InChI is InChI=1S/C19H21NO2/c1-20(13-11-19(21)22)12-10-18-16-8-4-2-6-14(16)15-7-3-5-9-17(15)18/h2-9,18H,10-13H2,1H3,(H,21,22). The molecule has 3 rings (SSSR count). The summed E-state index contributed by atoms with van der Waals surface area (Å²) in [5.74, 6) is -0.317. The molecule has 0 saturated heterocycles. The molecule has 0 spiro atoms. The molecule has 0 atom stereocenters. The Hall–Kier alpha value is -2.13. The Kier molecular flexibility index (Phi) is 4.25. The number of carboxylic acids is 1. The van der Waals surface area contributed by atoms with E-state index in [2.05, 4.69) is 53.4 Å². The van der Waals surface area contributed by atoms with Crippen molar-refractivity contribution < 1.29 is 9.90 Å². The van der Waals surface area contributed by atoms with E-state index < -0.39 is 5.97 Å². The highest BCUT2D eigenvalue weighted by molar-refractivity contribution is 5.78. The van der Waals surface area contributed by atoms with Crippen molar-refractivity contribution in [1.29, 1.82) is 0 Å². The third-order valence-corrected chi connectivity index (χ3v) is 4.47. The molecular weight excluding hydrogens is 274 g/mol. The van der Waals surface area contributed by atoms with Crippen LogP contribution in [0.15, 0.2) is 48.5 Å². The quantitative estimate of drug-likeness (QED) is 0.885. The van der Waals surface area contributed by atoms with Gasteiger partial charge in [0.15, 0.2) is 0 Å². The van der Waals surface area contributed by atoms with Gasteiger partial charge in [-0.25, -0.2) is 0 Å². The van der Waals surface area contributed by atoms with Crippen molar-refractivity contribution in [2.75, 3.05) is 20.1 Å². The van der Waals surface area contributed by atoms with E-state index in [4.69, 9.17) is 5.11 Å². The second-order valence-corrected chi connectivity index (χ2v) is 5.96. The fraction of sp³-hybridized carbons (Fsp3) is 0.316. The molecule has 0 fully saturated rings. The topological polar surface area (TPSA) is 40.5 Å². The van der Waals surface area contributed by atoms with Gasteiger partial charge in [-0.15, -0.1) is 0 Å². The van der Waals surface area contributed by atoms with Crippen LogP contribution in [-0.2, 0) is 4.79 Å². The van der Waals surface area contributed by atoms with Gasteiger partial charge in [0.1, 0.15) is 0 Å². The van der Waals surface area contributed by atoms with Gasteiger partial charge in [-0.2, -0.15) is 0 Å². The molecule has 0 aliphatic heterocycles. The smallest absolute Gasteiger partial charge is 0.304 e. The lowest BCUT2D eigenvalue weighted by atomic mass is 9.93. The lowest BCUT2D eigenvalue weighted by Crippen LogP contribution is -2.24. The Morgan fingerprint density at radius 1 is 1.00 bits per heavy atom. The Labute approximate surface area is 131 Å². The maximum absolute atomic E-state index is 10.7. The first-order valence-corrected chi connectivity index (χ1v) is 7.75. The maximum Gasteiger partial charge on any atom is 0.304 e. The van der Waals surface area contributed by atoms with Gasteiger partial charge in [0.2, 0.25) is 0 Å². The lowest BCUT2D eigenvalue weighted by molar-refractivity contribution is -0.137. The van der Waals surface area contributed by atoms with Crippen molar-refractivity contribution in [3.8, 4) is 11.1 Å². The Morgan fingerprint density at radius 3 is 2.09 bits per heavy atom. The number of carbonyl (C=O) groups is 1. The lowest BCUT2D eigenvalue weighted by Gasteiger charge is -2.19. The summed E-state index contributed by atoms with van der Waals surface area (Å²) in [4.78, 5) is 12.8. The van der Waals surface area contributed by atoms with Gasteiger partial charge in [0.05, 0.1) is 6.42 Å². The average molecular weight is 295 g/mol. The summed E-state index contributed by atoms with van der Waals surface area (Å²) < 4.78 is 0. The Morgan fingerprint density at radius 2 is 1.55 bits per heavy atom. The van der Waals surface area contributed by atoms with Crippen LogP contribution in [-0.4, -0.2) is 36.1 Å². The van der Waals surface area contributed by atoms with Crippen LogP contribution in [0.3, 0.4) is 0 Å². The van der Waals surface area contributed by atoms with Crippen molar-refractivity contribution in [3.63, 3.8) is 0 Å². The number of aliphatic carboxylic acids is 1. The van der Waals surface area contributed by atoms with E-state index in [9.17, 15) is 4.79 Å². The summed E-state index contributed by atoms with van der Waals surface area (Å²) in [6.07, 6.45) is 1.22. The van der Waals surface area contributed by atoms with E-state index in [1.807, 2.05) is 7.05 Å². The van der Waals surface area contributed by atoms with Crippen molar-refractivity contribution in [2.24, 2.45) is 0 Å². The molecule has 1 aliphatic carbocycles. The number of hydrogen-bond donors (Lipinski definition) is 1. The predicted octanol–water partition coefficient (Wildman–Crippen LogP) is 3.60. The van der Waals surface area contributed by atoms with Gasteiger partial charge in [-0.05, 0) is 42.3 Å². The van der Waals surface area contributed by atoms with E-state index in [1.54, 1.807) is 0 Å². The normalized spacial score (nSPS) is 13.2. The largest absolute Gasteiger partial charge is 0.481 e. The Balaban J connectivity index is 1.75. The van der Waals surface area contributed by atoms with Gasteiger partial charge in [-0.1, -0.05) is 48.5 Å². The zero-order valence-electron chi connectivity index (χ0n) is 12.8. The zero-order valence-corrected chi connectivity index (χ0v) is 12.8. The highest BCUT2D eigenvalue weighted by Gasteiger charge is 2.27. The van der Waals surface area contributed by atoms with Crippen LogP contribution < -0.4 is 0 Å². The first kappa shape index (κ1) is 14.8. The summed E-state index contributed by atoms with van der Waals surface area (Å²) in [6.45, 7) is 1.51. The zero-order chi connectivity index (χ0) is 15.5. The van der Waals surface area contributed by atoms with Crippen LogP contribution in [0.1, 0.15) is 29.9 Å². The highest BCUT2D eigenvalue weighted by atomic mass is 16.4. The number of carboxylic acid groups (broad SMARTS) is 1. The van der Waals surface area contributed by atoms with Crippen molar-refractivity contribution >= 4 is 5.97 Å². The van der Waals surface area contributed by atoms with E-state index >= 15 is 0 Å². The third kappa shape index (κ3) is 2.90. The fourth-order valence-electron chi connectivity index (χ4n) is 3.32. The number of hydrogen-bond acceptors (Lipinski definition) is 2. The number of nitrogens with zero attached hydrogens (tertiary/aromatic N) is 1. The summed E-state index contributed by atoms with van der Waals surface area (Å²) in [5, 5.41) is 8.78. The summed E-state index contributed by atoms with van der Waals surface area (Å²) in [5.41, 5.74) is 5.48. The molecule has 0 unspecified atom stereocenters. The van der Waals surface area contributed by atoms with E-state index in [1.165, 1.54) is 22.3 Å². The van der Waals surface area contributed by atoms with Crippen molar-refractivity contribution in [1.82, 2.24) is 4.90 Å². The maximum atomic E-state index is 10.7. The average Bonchev–Trinajstić information content (AvgIpc) is 2.85. The van der Waals surface area contributed by atoms with Crippen LogP contribution in [0.2, 0.25) is 0 Å². The van der Waals surface area contributed by atoms with Crippen LogP contribution in [0.5, 0.6) is 0 Å². The predicted molar refractivity (Wildman–Crippen MR) is 88.1 cm³/mol. The number of benzene rings is 2. The van der Waals surface area contributed by atoms with E-state index in [-0.39, 0.29) is 6.42 Å². The van der Waals surface area contributed by atoms with Gasteiger partial charge >= 0.3 is 5.97 Å². The minimum absolute atomic E-state index is 0.203. The van der Waals surface area contributed by atoms with Gasteiger partial charge in [0, 0.05) is 12.5 Å². The SMILES string of the molecule is CN(CCC(=O)O)CCC1c2ccccc2-c2ccccc21. The highest BCUT2D eigenvalue weighted by Crippen LogP contribution is 2.45. The van der Waals surface area contributed by atoms with Gasteiger partial charge in [-0.3, -0.25) is 4.79 Å². The molecule has 2 aromatic rings. The first-order valence-electron chi connectivity index (χ1n) is 7.75. The number of rotatable bonds is 6. The summed E-state index contributed by atoms with van der Waals surface area (Å²) in [7, 11) is 2.00. The van der Waals surface area contributed by atoms with Crippen LogP contribution in [0.4, 0.5) is 0 Å². The van der Waals surface area contributed by atoms with Crippen LogP contribution >= 0.6 is 0 Å². The molecule has 22 heavy (non-hydrogen) atoms.